The van der Waals surface area contributed by atoms with E-state index in [1.807, 2.05) is 20.2 Å². The zero-order valence-electron chi connectivity index (χ0n) is 22.5. The summed E-state index contributed by atoms with van der Waals surface area (Å²) in [6.07, 6.45) is 10.0. The predicted molar refractivity (Wildman–Crippen MR) is 140 cm³/mol. The van der Waals surface area contributed by atoms with Crippen molar-refractivity contribution < 1.29 is 15.0 Å². The van der Waals surface area contributed by atoms with Gasteiger partial charge >= 0.3 is 0 Å². The molecular weight excluding hydrogens is 454 g/mol. The van der Waals surface area contributed by atoms with Crippen molar-refractivity contribution in [2.75, 3.05) is 26.7 Å². The van der Waals surface area contributed by atoms with Gasteiger partial charge in [0, 0.05) is 38.5 Å². The molecule has 0 spiro atoms. The van der Waals surface area contributed by atoms with Crippen molar-refractivity contribution in [1.82, 2.24) is 14.7 Å². The first-order valence-corrected chi connectivity index (χ1v) is 14.4. The van der Waals surface area contributed by atoms with Crippen LogP contribution < -0.4 is 0 Å². The first kappa shape index (κ1) is 24.7. The summed E-state index contributed by atoms with van der Waals surface area (Å²) in [7, 11) is 2.17. The molecule has 3 saturated carbocycles. The quantitative estimate of drug-likeness (QED) is 0.606. The van der Waals surface area contributed by atoms with Crippen LogP contribution in [0.25, 0.3) is 0 Å². The lowest BCUT2D eigenvalue weighted by Gasteiger charge is -2.46. The number of carbonyl (C=O) groups is 1. The molecule has 2 N–H and O–H groups in total. The van der Waals surface area contributed by atoms with Gasteiger partial charge in [-0.3, -0.25) is 14.8 Å². The van der Waals surface area contributed by atoms with Crippen LogP contribution in [0.4, 0.5) is 0 Å². The van der Waals surface area contributed by atoms with Crippen LogP contribution in [0.5, 0.6) is 0 Å². The summed E-state index contributed by atoms with van der Waals surface area (Å²) >= 11 is 0. The number of hydrogen-bond donors (Lipinski definition) is 2. The minimum Gasteiger partial charge on any atom is -0.380 e. The van der Waals surface area contributed by atoms with Crippen molar-refractivity contribution >= 4 is 18.1 Å². The van der Waals surface area contributed by atoms with Crippen molar-refractivity contribution in [3.63, 3.8) is 0 Å². The topological polar surface area (TPSA) is 92.0 Å². The van der Waals surface area contributed by atoms with Crippen LogP contribution in [0, 0.1) is 29.6 Å². The van der Waals surface area contributed by atoms with Crippen LogP contribution in [0.1, 0.15) is 72.1 Å². The zero-order chi connectivity index (χ0) is 25.4. The number of hydrogen-bond acceptors (Lipinski definition) is 7. The molecule has 3 aliphatic carbocycles. The standard InChI is InChI=1S/C28H45N5O3/c1-17-11-19(20-6-8-23-22(12-20)29-16-31(23)4)5-7-21(17)24-30-27(2,3)25(34)33(24)15-18-13-32(14-18)26(35)28(36)9-10-28/h16-23,25,34,36H,5-15H2,1-4H3. The van der Waals surface area contributed by atoms with Gasteiger partial charge < -0.3 is 24.9 Å². The van der Waals surface area contributed by atoms with Gasteiger partial charge in [0.25, 0.3) is 5.91 Å². The maximum Gasteiger partial charge on any atom is 0.254 e. The largest absolute Gasteiger partial charge is 0.380 e. The Balaban J connectivity index is 1.08. The SMILES string of the molecule is CC1CC(C2CCC3C(C2)N=CN3C)CCC1C1=NC(C)(C)C(O)N1CC1CN(C(=O)C2(O)CC2)C1. The average molecular weight is 500 g/mol. The second kappa shape index (κ2) is 8.69. The molecule has 0 aromatic heterocycles. The molecule has 3 heterocycles. The van der Waals surface area contributed by atoms with E-state index < -0.39 is 17.4 Å². The van der Waals surface area contributed by atoms with E-state index >= 15 is 0 Å². The molecule has 0 aromatic rings. The van der Waals surface area contributed by atoms with E-state index in [9.17, 15) is 15.0 Å². The molecule has 7 unspecified atom stereocenters. The molecule has 0 aromatic carbocycles. The second-order valence-electron chi connectivity index (χ2n) is 13.6. The van der Waals surface area contributed by atoms with Gasteiger partial charge in [0.2, 0.25) is 0 Å². The highest BCUT2D eigenvalue weighted by Crippen LogP contribution is 2.46. The zero-order valence-corrected chi connectivity index (χ0v) is 22.5. The Bertz CT molecular complexity index is 939. The number of amidine groups is 1. The van der Waals surface area contributed by atoms with E-state index in [1.165, 1.54) is 32.1 Å². The fraction of sp³-hybridized carbons (Fsp3) is 0.893. The van der Waals surface area contributed by atoms with Crippen molar-refractivity contribution in [2.24, 2.45) is 39.6 Å². The molecule has 36 heavy (non-hydrogen) atoms. The number of aliphatic hydroxyl groups excluding tert-OH is 1. The molecular formula is C28H45N5O3. The highest BCUT2D eigenvalue weighted by molar-refractivity contribution is 5.89. The van der Waals surface area contributed by atoms with Gasteiger partial charge in [0.1, 0.15) is 17.0 Å². The Morgan fingerprint density at radius 2 is 1.81 bits per heavy atom. The Labute approximate surface area is 215 Å². The Morgan fingerprint density at radius 3 is 2.50 bits per heavy atom. The first-order valence-electron chi connectivity index (χ1n) is 14.4. The molecule has 1 amide bonds. The van der Waals surface area contributed by atoms with Crippen LogP contribution in [0.15, 0.2) is 9.98 Å². The van der Waals surface area contributed by atoms with Gasteiger partial charge in [0.05, 0.1) is 18.4 Å². The van der Waals surface area contributed by atoms with Crippen molar-refractivity contribution in [1.29, 1.82) is 0 Å². The number of aliphatic hydroxyl groups is 2. The average Bonchev–Trinajstić information content (AvgIpc) is 3.40. The fourth-order valence-corrected chi connectivity index (χ4v) is 7.92. The molecule has 6 rings (SSSR count). The molecule has 8 heteroatoms. The second-order valence-corrected chi connectivity index (χ2v) is 13.6. The molecule has 1 saturated heterocycles. The third-order valence-electron chi connectivity index (χ3n) is 10.4. The summed E-state index contributed by atoms with van der Waals surface area (Å²) in [4.78, 5) is 28.6. The number of likely N-dealkylation sites (N-methyl/N-ethyl adjacent to an activating group) is 1. The van der Waals surface area contributed by atoms with E-state index in [-0.39, 0.29) is 5.91 Å². The van der Waals surface area contributed by atoms with Gasteiger partial charge in [-0.25, -0.2) is 0 Å². The van der Waals surface area contributed by atoms with Crippen LogP contribution in [0.2, 0.25) is 0 Å². The third kappa shape index (κ3) is 4.16. The first-order chi connectivity index (χ1) is 17.1. The van der Waals surface area contributed by atoms with E-state index in [0.717, 1.165) is 30.6 Å². The maximum absolute atomic E-state index is 12.4. The smallest absolute Gasteiger partial charge is 0.254 e. The summed E-state index contributed by atoms with van der Waals surface area (Å²) in [6.45, 7) is 8.53. The number of rotatable bonds is 5. The monoisotopic (exact) mass is 499 g/mol. The number of likely N-dealkylation sites (tertiary alicyclic amines) is 1. The van der Waals surface area contributed by atoms with E-state index in [2.05, 4.69) is 23.8 Å². The summed E-state index contributed by atoms with van der Waals surface area (Å²) < 4.78 is 0. The van der Waals surface area contributed by atoms with Crippen LogP contribution in [-0.4, -0.2) is 99.1 Å². The molecule has 0 radical (unpaired) electrons. The lowest BCUT2D eigenvalue weighted by Crippen LogP contribution is -2.59. The Morgan fingerprint density at radius 1 is 1.11 bits per heavy atom. The van der Waals surface area contributed by atoms with E-state index in [4.69, 9.17) is 9.98 Å². The van der Waals surface area contributed by atoms with Crippen molar-refractivity contribution in [3.05, 3.63) is 0 Å². The lowest BCUT2D eigenvalue weighted by molar-refractivity contribution is -0.149. The minimum atomic E-state index is -1.08. The Hall–Kier alpha value is -1.67. The van der Waals surface area contributed by atoms with Gasteiger partial charge in [-0.05, 0) is 83.0 Å². The maximum atomic E-state index is 12.4. The lowest BCUT2D eigenvalue weighted by atomic mass is 9.65. The van der Waals surface area contributed by atoms with Gasteiger partial charge in [0.15, 0.2) is 6.23 Å². The van der Waals surface area contributed by atoms with E-state index in [0.29, 0.717) is 55.8 Å². The number of carbonyl (C=O) groups excluding carboxylic acids is 1. The normalized spacial score (nSPS) is 41.2. The predicted octanol–water partition coefficient (Wildman–Crippen LogP) is 2.34. The van der Waals surface area contributed by atoms with Gasteiger partial charge in [-0.2, -0.15) is 0 Å². The molecule has 7 atom stereocenters. The Kier molecular flexibility index (Phi) is 5.95. The molecule has 8 nitrogen and oxygen atoms in total. The number of aliphatic imine (C=N–C) groups is 2. The molecule has 3 aliphatic heterocycles. The summed E-state index contributed by atoms with van der Waals surface area (Å²) in [5, 5.41) is 21.4. The van der Waals surface area contributed by atoms with Crippen LogP contribution in [0.3, 0.4) is 0 Å². The molecule has 4 fully saturated rings. The highest BCUT2D eigenvalue weighted by atomic mass is 16.3. The molecule has 200 valence electrons. The highest BCUT2D eigenvalue weighted by Gasteiger charge is 2.53. The summed E-state index contributed by atoms with van der Waals surface area (Å²) in [5.74, 6) is 3.78. The minimum absolute atomic E-state index is 0.106. The fourth-order valence-electron chi connectivity index (χ4n) is 7.92. The van der Waals surface area contributed by atoms with E-state index in [1.54, 1.807) is 4.90 Å². The summed E-state index contributed by atoms with van der Waals surface area (Å²) in [6, 6.07) is 1.10. The van der Waals surface area contributed by atoms with Crippen molar-refractivity contribution in [3.8, 4) is 0 Å². The van der Waals surface area contributed by atoms with Gasteiger partial charge in [-0.1, -0.05) is 6.92 Å². The molecule has 6 aliphatic rings. The number of nitrogens with zero attached hydrogens (tertiary/aromatic N) is 5. The van der Waals surface area contributed by atoms with Crippen LogP contribution >= 0.6 is 0 Å². The van der Waals surface area contributed by atoms with Gasteiger partial charge in [-0.15, -0.1) is 0 Å². The number of amides is 1. The number of fused-ring (bicyclic) bond motifs is 1. The molecule has 0 bridgehead atoms. The van der Waals surface area contributed by atoms with Crippen LogP contribution in [-0.2, 0) is 4.79 Å². The third-order valence-corrected chi connectivity index (χ3v) is 10.4. The van der Waals surface area contributed by atoms with Crippen molar-refractivity contribution in [2.45, 2.75) is 102 Å². The summed E-state index contributed by atoms with van der Waals surface area (Å²) in [5.41, 5.74) is -1.60.